The van der Waals surface area contributed by atoms with E-state index in [4.69, 9.17) is 11.6 Å². The van der Waals surface area contributed by atoms with E-state index >= 15 is 0 Å². The average molecular weight is 418 g/mol. The maximum Gasteiger partial charge on any atom is 0.224 e. The van der Waals surface area contributed by atoms with E-state index in [1.165, 1.54) is 24.0 Å². The van der Waals surface area contributed by atoms with Gasteiger partial charge in [0, 0.05) is 18.0 Å². The quantitative estimate of drug-likeness (QED) is 0.697. The van der Waals surface area contributed by atoms with E-state index in [1.807, 2.05) is 30.3 Å². The van der Waals surface area contributed by atoms with E-state index in [9.17, 15) is 18.0 Å². The summed E-state index contributed by atoms with van der Waals surface area (Å²) < 4.78 is 26.1. The number of hydrogen-bond donors (Lipinski definition) is 0. The molecule has 0 radical (unpaired) electrons. The van der Waals surface area contributed by atoms with Crippen LogP contribution in [0.15, 0.2) is 65.6 Å². The van der Waals surface area contributed by atoms with Crippen LogP contribution in [0, 0.1) is 5.41 Å². The molecule has 2 aromatic rings. The maximum absolute atomic E-state index is 13.1. The van der Waals surface area contributed by atoms with E-state index in [-0.39, 0.29) is 21.6 Å². The monoisotopic (exact) mass is 417 g/mol. The third kappa shape index (κ3) is 3.62. The summed E-state index contributed by atoms with van der Waals surface area (Å²) in [7, 11) is -3.80. The van der Waals surface area contributed by atoms with Crippen LogP contribution in [-0.2, 0) is 19.4 Å². The summed E-state index contributed by atoms with van der Waals surface area (Å²) in [6.45, 7) is 3.04. The fourth-order valence-corrected chi connectivity index (χ4v) is 6.00. The number of hydrogen-bond acceptors (Lipinski definition) is 4. The molecule has 0 spiro atoms. The molecule has 5 nitrogen and oxygen atoms in total. The van der Waals surface area contributed by atoms with Gasteiger partial charge in [0.25, 0.3) is 0 Å². The van der Waals surface area contributed by atoms with Crippen LogP contribution in [-0.4, -0.2) is 37.3 Å². The van der Waals surface area contributed by atoms with Crippen molar-refractivity contribution in [2.75, 3.05) is 5.75 Å². The Balaban J connectivity index is 2.10. The minimum atomic E-state index is -3.80. The zero-order valence-electron chi connectivity index (χ0n) is 15.5. The Morgan fingerprint density at radius 1 is 1.14 bits per heavy atom. The van der Waals surface area contributed by atoms with E-state index in [1.54, 1.807) is 25.1 Å². The second-order valence-corrected chi connectivity index (χ2v) is 9.43. The Hall–Kier alpha value is -2.44. The third-order valence-electron chi connectivity index (χ3n) is 4.89. The van der Waals surface area contributed by atoms with Gasteiger partial charge in [0.05, 0.1) is 15.7 Å². The molecule has 1 aliphatic heterocycles. The molecule has 0 aromatic heterocycles. The van der Waals surface area contributed by atoms with Crippen LogP contribution < -0.4 is 0 Å². The lowest BCUT2D eigenvalue weighted by Crippen LogP contribution is -2.45. The molecule has 0 aliphatic carbocycles. The summed E-state index contributed by atoms with van der Waals surface area (Å²) in [6.07, 6.45) is 2.34. The zero-order valence-corrected chi connectivity index (χ0v) is 17.1. The molecule has 146 valence electrons. The van der Waals surface area contributed by atoms with Crippen molar-refractivity contribution in [3.05, 3.63) is 71.3 Å². The number of carbonyl (C=O) groups is 2. The highest BCUT2D eigenvalue weighted by Gasteiger charge is 2.48. The van der Waals surface area contributed by atoms with Gasteiger partial charge in [-0.25, -0.2) is 8.42 Å². The van der Waals surface area contributed by atoms with Crippen molar-refractivity contribution in [3.8, 4) is 0 Å². The first-order valence-electron chi connectivity index (χ1n) is 8.70. The molecule has 0 saturated heterocycles. The molecule has 3 rings (SSSR count). The number of nitrogens with zero attached hydrogens (tertiary/aromatic N) is 1. The standard InChI is InChI=1S/C21H20ClNO4S/c1-15(25)23-18(16-8-4-3-5-9-16)12-21(2,20(23)13-24)14-28(26,27)19-11-7-6-10-17(19)22/h3-13,20H,14H2,1-2H3. The van der Waals surface area contributed by atoms with E-state index in [0.29, 0.717) is 12.0 Å². The van der Waals surface area contributed by atoms with Gasteiger partial charge in [0.2, 0.25) is 5.91 Å². The molecular weight excluding hydrogens is 398 g/mol. The highest BCUT2D eigenvalue weighted by atomic mass is 35.5. The van der Waals surface area contributed by atoms with Gasteiger partial charge < -0.3 is 9.69 Å². The van der Waals surface area contributed by atoms with Crippen molar-refractivity contribution in [1.29, 1.82) is 0 Å². The van der Waals surface area contributed by atoms with Gasteiger partial charge in [-0.05, 0) is 17.7 Å². The van der Waals surface area contributed by atoms with Crippen LogP contribution >= 0.6 is 11.6 Å². The molecule has 1 heterocycles. The normalized spacial score (nSPS) is 22.0. The summed E-state index contributed by atoms with van der Waals surface area (Å²) in [6, 6.07) is 14.4. The van der Waals surface area contributed by atoms with E-state index < -0.39 is 21.3 Å². The van der Waals surface area contributed by atoms with Crippen molar-refractivity contribution in [3.63, 3.8) is 0 Å². The Morgan fingerprint density at radius 3 is 2.32 bits per heavy atom. The second-order valence-electron chi connectivity index (χ2n) is 7.06. The number of benzene rings is 2. The van der Waals surface area contributed by atoms with Crippen LogP contribution in [0.2, 0.25) is 5.02 Å². The van der Waals surface area contributed by atoms with Gasteiger partial charge in [-0.1, -0.05) is 67.1 Å². The molecular formula is C21H20ClNO4S. The van der Waals surface area contributed by atoms with Gasteiger partial charge in [0.15, 0.2) is 9.84 Å². The predicted octanol–water partition coefficient (Wildman–Crippen LogP) is 3.59. The minimum absolute atomic E-state index is 0.0125. The molecule has 1 amide bonds. The van der Waals surface area contributed by atoms with Crippen LogP contribution in [0.1, 0.15) is 19.4 Å². The van der Waals surface area contributed by atoms with Gasteiger partial charge in [-0.15, -0.1) is 0 Å². The molecule has 7 heteroatoms. The van der Waals surface area contributed by atoms with Crippen LogP contribution in [0.5, 0.6) is 0 Å². The smallest absolute Gasteiger partial charge is 0.224 e. The Kier molecular flexibility index (Phi) is 5.46. The van der Waals surface area contributed by atoms with Crippen molar-refractivity contribution in [1.82, 2.24) is 4.90 Å². The summed E-state index contributed by atoms with van der Waals surface area (Å²) >= 11 is 6.08. The fourth-order valence-electron chi connectivity index (χ4n) is 3.64. The number of halogens is 1. The summed E-state index contributed by atoms with van der Waals surface area (Å²) in [5.41, 5.74) is 0.168. The van der Waals surface area contributed by atoms with Gasteiger partial charge in [-0.3, -0.25) is 4.79 Å². The average Bonchev–Trinajstić information content (AvgIpc) is 2.94. The zero-order chi connectivity index (χ0) is 20.5. The van der Waals surface area contributed by atoms with Gasteiger partial charge in [0.1, 0.15) is 12.3 Å². The number of carbonyl (C=O) groups excluding carboxylic acids is 2. The SMILES string of the molecule is CC(=O)N1C(c2ccccc2)=CC(C)(CS(=O)(=O)c2ccccc2Cl)C1C=O. The largest absolute Gasteiger partial charge is 0.301 e. The highest BCUT2D eigenvalue weighted by molar-refractivity contribution is 7.91. The molecule has 0 saturated carbocycles. The fraction of sp³-hybridized carbons (Fsp3) is 0.238. The molecule has 2 atom stereocenters. The number of aldehydes is 1. The lowest BCUT2D eigenvalue weighted by molar-refractivity contribution is -0.131. The van der Waals surface area contributed by atoms with Gasteiger partial charge >= 0.3 is 0 Å². The highest BCUT2D eigenvalue weighted by Crippen LogP contribution is 2.43. The van der Waals surface area contributed by atoms with Crippen LogP contribution in [0.3, 0.4) is 0 Å². The first-order valence-corrected chi connectivity index (χ1v) is 10.7. The van der Waals surface area contributed by atoms with E-state index in [2.05, 4.69) is 0 Å². The van der Waals surface area contributed by atoms with Crippen molar-refractivity contribution < 1.29 is 18.0 Å². The van der Waals surface area contributed by atoms with Gasteiger partial charge in [-0.2, -0.15) is 0 Å². The molecule has 28 heavy (non-hydrogen) atoms. The minimum Gasteiger partial charge on any atom is -0.301 e. The Bertz CT molecular complexity index is 1050. The van der Waals surface area contributed by atoms with Crippen molar-refractivity contribution in [2.45, 2.75) is 24.8 Å². The maximum atomic E-state index is 13.1. The molecule has 0 bridgehead atoms. The molecule has 2 aromatic carbocycles. The summed E-state index contributed by atoms with van der Waals surface area (Å²) in [5, 5.41) is 0.127. The Morgan fingerprint density at radius 2 is 1.75 bits per heavy atom. The molecule has 0 N–H and O–H groups in total. The molecule has 2 unspecified atom stereocenters. The van der Waals surface area contributed by atoms with Crippen molar-refractivity contribution >= 4 is 39.3 Å². The topological polar surface area (TPSA) is 71.5 Å². The second kappa shape index (κ2) is 7.53. The number of rotatable bonds is 5. The number of sulfone groups is 1. The summed E-state index contributed by atoms with van der Waals surface area (Å²) in [4.78, 5) is 25.7. The predicted molar refractivity (Wildman–Crippen MR) is 108 cm³/mol. The first-order chi connectivity index (χ1) is 13.2. The Labute approximate surface area is 169 Å². The summed E-state index contributed by atoms with van der Waals surface area (Å²) in [5.74, 6) is -0.682. The lowest BCUT2D eigenvalue weighted by Gasteiger charge is -2.32. The molecule has 0 fully saturated rings. The first kappa shape index (κ1) is 20.3. The van der Waals surface area contributed by atoms with Crippen LogP contribution in [0.4, 0.5) is 0 Å². The number of amides is 1. The lowest BCUT2D eigenvalue weighted by atomic mass is 9.86. The van der Waals surface area contributed by atoms with E-state index in [0.717, 1.165) is 5.56 Å². The van der Waals surface area contributed by atoms with Crippen LogP contribution in [0.25, 0.3) is 5.70 Å². The molecule has 1 aliphatic rings. The third-order valence-corrected chi connectivity index (χ3v) is 7.36. The van der Waals surface area contributed by atoms with Crippen molar-refractivity contribution in [2.24, 2.45) is 5.41 Å².